The number of anilines is 2. The molecule has 188 valence electrons. The number of phenolic OH excluding ortho intramolecular Hbond substituents is 1. The van der Waals surface area contributed by atoms with Crippen LogP contribution >= 0.6 is 0 Å². The second-order valence-electron chi connectivity index (χ2n) is 8.01. The van der Waals surface area contributed by atoms with Crippen molar-refractivity contribution < 1.29 is 29.0 Å². The van der Waals surface area contributed by atoms with E-state index in [0.29, 0.717) is 34.9 Å². The SMILES string of the molecule is CCC(=O)Nc1ccc([C@H](C)NC(=O)c2cc(NC(=O)c3cc(OC)cc(OC)c3)ccc2O)cc1. The molecule has 0 aromatic heterocycles. The smallest absolute Gasteiger partial charge is 0.255 e. The summed E-state index contributed by atoms with van der Waals surface area (Å²) in [6, 6.07) is 15.7. The lowest BCUT2D eigenvalue weighted by molar-refractivity contribution is -0.115. The van der Waals surface area contributed by atoms with Gasteiger partial charge in [-0.3, -0.25) is 14.4 Å². The fraction of sp³-hybridized carbons (Fsp3) is 0.222. The van der Waals surface area contributed by atoms with Crippen molar-refractivity contribution in [3.05, 3.63) is 77.4 Å². The minimum Gasteiger partial charge on any atom is -0.507 e. The molecule has 0 saturated heterocycles. The van der Waals surface area contributed by atoms with Crippen LogP contribution < -0.4 is 25.4 Å². The van der Waals surface area contributed by atoms with Crippen LogP contribution in [0.2, 0.25) is 0 Å². The van der Waals surface area contributed by atoms with Gasteiger partial charge in [-0.25, -0.2) is 0 Å². The Labute approximate surface area is 209 Å². The average Bonchev–Trinajstić information content (AvgIpc) is 2.89. The number of hydrogen-bond acceptors (Lipinski definition) is 6. The number of hydrogen-bond donors (Lipinski definition) is 4. The molecule has 0 aliphatic heterocycles. The van der Waals surface area contributed by atoms with Crippen LogP contribution in [-0.2, 0) is 4.79 Å². The van der Waals surface area contributed by atoms with Gasteiger partial charge in [-0.2, -0.15) is 0 Å². The van der Waals surface area contributed by atoms with Gasteiger partial charge < -0.3 is 30.5 Å². The third-order valence-electron chi connectivity index (χ3n) is 5.48. The lowest BCUT2D eigenvalue weighted by Gasteiger charge is -2.16. The third-order valence-corrected chi connectivity index (χ3v) is 5.48. The first-order valence-corrected chi connectivity index (χ1v) is 11.3. The number of nitrogens with one attached hydrogen (secondary N) is 3. The molecular formula is C27H29N3O6. The second-order valence-corrected chi connectivity index (χ2v) is 8.01. The Bertz CT molecular complexity index is 1230. The van der Waals surface area contributed by atoms with Gasteiger partial charge in [0.25, 0.3) is 11.8 Å². The van der Waals surface area contributed by atoms with Crippen LogP contribution in [0.4, 0.5) is 11.4 Å². The molecule has 0 saturated carbocycles. The highest BCUT2D eigenvalue weighted by atomic mass is 16.5. The predicted octanol–water partition coefficient (Wildman–Crippen LogP) is 4.50. The summed E-state index contributed by atoms with van der Waals surface area (Å²) in [7, 11) is 2.97. The van der Waals surface area contributed by atoms with Crippen molar-refractivity contribution in [1.82, 2.24) is 5.32 Å². The molecule has 3 amide bonds. The molecule has 0 unspecified atom stereocenters. The van der Waals surface area contributed by atoms with E-state index in [1.165, 1.54) is 32.4 Å². The van der Waals surface area contributed by atoms with E-state index in [0.717, 1.165) is 5.56 Å². The van der Waals surface area contributed by atoms with Gasteiger partial charge in [0.15, 0.2) is 0 Å². The van der Waals surface area contributed by atoms with E-state index in [1.54, 1.807) is 56.3 Å². The van der Waals surface area contributed by atoms with E-state index in [1.807, 2.05) is 0 Å². The van der Waals surface area contributed by atoms with Crippen molar-refractivity contribution in [2.75, 3.05) is 24.9 Å². The standard InChI is InChI=1S/C27H29N3O6/c1-5-25(32)29-19-8-6-17(7-9-19)16(2)28-27(34)23-14-20(10-11-24(23)31)30-26(33)18-12-21(35-3)15-22(13-18)36-4/h6-16,31H,5H2,1-4H3,(H,28,34)(H,29,32)(H,30,33)/t16-/m0/s1. The van der Waals surface area contributed by atoms with E-state index < -0.39 is 11.8 Å². The summed E-state index contributed by atoms with van der Waals surface area (Å²) in [5.74, 6) is -0.342. The van der Waals surface area contributed by atoms with Crippen molar-refractivity contribution in [2.24, 2.45) is 0 Å². The van der Waals surface area contributed by atoms with Gasteiger partial charge in [0.1, 0.15) is 17.2 Å². The van der Waals surface area contributed by atoms with Gasteiger partial charge in [0, 0.05) is 29.4 Å². The maximum atomic E-state index is 12.9. The summed E-state index contributed by atoms with van der Waals surface area (Å²) < 4.78 is 10.4. The van der Waals surface area contributed by atoms with E-state index in [4.69, 9.17) is 9.47 Å². The molecule has 3 aromatic rings. The van der Waals surface area contributed by atoms with Crippen molar-refractivity contribution in [3.8, 4) is 17.2 Å². The second kappa shape index (κ2) is 11.7. The van der Waals surface area contributed by atoms with Gasteiger partial charge in [0.05, 0.1) is 25.8 Å². The largest absolute Gasteiger partial charge is 0.507 e. The number of methoxy groups -OCH3 is 2. The number of amides is 3. The topological polar surface area (TPSA) is 126 Å². The Morgan fingerprint density at radius 3 is 2.03 bits per heavy atom. The van der Waals surface area contributed by atoms with Crippen LogP contribution in [0.3, 0.4) is 0 Å². The lowest BCUT2D eigenvalue weighted by Crippen LogP contribution is -2.27. The number of rotatable bonds is 9. The molecule has 0 fully saturated rings. The van der Waals surface area contributed by atoms with Crippen molar-refractivity contribution >= 4 is 29.1 Å². The van der Waals surface area contributed by atoms with Gasteiger partial charge >= 0.3 is 0 Å². The number of ether oxygens (including phenoxy) is 2. The molecule has 0 radical (unpaired) electrons. The summed E-state index contributed by atoms with van der Waals surface area (Å²) in [5, 5.41) is 18.6. The molecular weight excluding hydrogens is 462 g/mol. The molecule has 36 heavy (non-hydrogen) atoms. The van der Waals surface area contributed by atoms with Gasteiger partial charge in [-0.1, -0.05) is 19.1 Å². The molecule has 4 N–H and O–H groups in total. The molecule has 1 atom stereocenters. The fourth-order valence-corrected chi connectivity index (χ4v) is 3.40. The van der Waals surface area contributed by atoms with Crippen molar-refractivity contribution in [2.45, 2.75) is 26.3 Å². The molecule has 9 heteroatoms. The third kappa shape index (κ3) is 6.53. The van der Waals surface area contributed by atoms with E-state index >= 15 is 0 Å². The van der Waals surface area contributed by atoms with Crippen molar-refractivity contribution in [1.29, 1.82) is 0 Å². The first-order chi connectivity index (χ1) is 17.2. The average molecular weight is 492 g/mol. The Morgan fingerprint density at radius 1 is 0.833 bits per heavy atom. The summed E-state index contributed by atoms with van der Waals surface area (Å²) in [6.07, 6.45) is 0.380. The van der Waals surface area contributed by atoms with Crippen LogP contribution in [-0.4, -0.2) is 37.0 Å². The molecule has 0 aliphatic carbocycles. The number of carbonyl (C=O) groups excluding carboxylic acids is 3. The van der Waals surface area contributed by atoms with Crippen LogP contribution in [0.5, 0.6) is 17.2 Å². The van der Waals surface area contributed by atoms with Crippen LogP contribution in [0.1, 0.15) is 52.6 Å². The summed E-state index contributed by atoms with van der Waals surface area (Å²) in [6.45, 7) is 3.57. The Balaban J connectivity index is 1.72. The first-order valence-electron chi connectivity index (χ1n) is 11.3. The van der Waals surface area contributed by atoms with E-state index in [-0.39, 0.29) is 23.3 Å². The van der Waals surface area contributed by atoms with Gasteiger partial charge in [-0.15, -0.1) is 0 Å². The van der Waals surface area contributed by atoms with Crippen LogP contribution in [0.25, 0.3) is 0 Å². The number of phenols is 1. The summed E-state index contributed by atoms with van der Waals surface area (Å²) in [5.41, 5.74) is 2.12. The van der Waals surface area contributed by atoms with Crippen molar-refractivity contribution in [3.63, 3.8) is 0 Å². The highest BCUT2D eigenvalue weighted by molar-refractivity contribution is 6.06. The molecule has 0 bridgehead atoms. The number of carbonyl (C=O) groups is 3. The van der Waals surface area contributed by atoms with Crippen LogP contribution in [0, 0.1) is 0 Å². The quantitative estimate of drug-likeness (QED) is 0.327. The minimum atomic E-state index is -0.512. The van der Waals surface area contributed by atoms with Gasteiger partial charge in [-0.05, 0) is 55.0 Å². The maximum Gasteiger partial charge on any atom is 0.255 e. The normalized spacial score (nSPS) is 11.2. The molecule has 3 aromatic carbocycles. The highest BCUT2D eigenvalue weighted by Gasteiger charge is 2.17. The Morgan fingerprint density at radius 2 is 1.44 bits per heavy atom. The Hall–Kier alpha value is -4.53. The summed E-state index contributed by atoms with van der Waals surface area (Å²) in [4.78, 5) is 37.2. The fourth-order valence-electron chi connectivity index (χ4n) is 3.40. The number of aromatic hydroxyl groups is 1. The minimum absolute atomic E-state index is 0.00898. The lowest BCUT2D eigenvalue weighted by atomic mass is 10.1. The molecule has 0 aliphatic rings. The van der Waals surface area contributed by atoms with Crippen LogP contribution in [0.15, 0.2) is 60.7 Å². The zero-order valence-corrected chi connectivity index (χ0v) is 20.5. The molecule has 0 spiro atoms. The summed E-state index contributed by atoms with van der Waals surface area (Å²) >= 11 is 0. The molecule has 0 heterocycles. The Kier molecular flexibility index (Phi) is 8.51. The molecule has 3 rings (SSSR count). The van der Waals surface area contributed by atoms with E-state index in [2.05, 4.69) is 16.0 Å². The highest BCUT2D eigenvalue weighted by Crippen LogP contribution is 2.26. The molecule has 9 nitrogen and oxygen atoms in total. The van der Waals surface area contributed by atoms with E-state index in [9.17, 15) is 19.5 Å². The predicted molar refractivity (Wildman–Crippen MR) is 137 cm³/mol. The number of benzene rings is 3. The maximum absolute atomic E-state index is 12.9. The first kappa shape index (κ1) is 26.1. The monoisotopic (exact) mass is 491 g/mol. The zero-order valence-electron chi connectivity index (χ0n) is 20.5. The van der Waals surface area contributed by atoms with Gasteiger partial charge in [0.2, 0.25) is 5.91 Å². The zero-order chi connectivity index (χ0) is 26.2.